The minimum atomic E-state index is -1.51. The molecule has 2 heterocycles. The number of carbonyl (C=O) groups excluding carboxylic acids is 10. The van der Waals surface area contributed by atoms with Crippen molar-refractivity contribution < 1.29 is 53.1 Å². The summed E-state index contributed by atoms with van der Waals surface area (Å²) >= 11 is 8.56. The fourth-order valence-corrected chi connectivity index (χ4v) is 10.7. The highest BCUT2D eigenvalue weighted by Crippen LogP contribution is 2.20. The van der Waals surface area contributed by atoms with Crippen molar-refractivity contribution in [3.8, 4) is 5.75 Å². The molecule has 10 amide bonds. The topological polar surface area (TPSA) is 493 Å². The highest BCUT2D eigenvalue weighted by atomic mass is 32.1. The zero-order valence-electron chi connectivity index (χ0n) is 52.6. The summed E-state index contributed by atoms with van der Waals surface area (Å²) in [5, 5.41) is 55.3. The van der Waals surface area contributed by atoms with Crippen molar-refractivity contribution in [2.75, 3.05) is 24.6 Å². The number of para-hydroxylation sites is 1. The average Bonchev–Trinajstić information content (AvgIpc) is 1.63. The molecular formula is C64H83N19O11S2. The normalized spacial score (nSPS) is 13.8. The van der Waals surface area contributed by atoms with Gasteiger partial charge < -0.3 is 90.8 Å². The summed E-state index contributed by atoms with van der Waals surface area (Å²) in [5.41, 5.74) is 20.0. The van der Waals surface area contributed by atoms with Crippen LogP contribution in [-0.4, -0.2) is 170 Å². The lowest BCUT2D eigenvalue weighted by Gasteiger charge is -2.28. The number of amides is 10. The lowest BCUT2D eigenvalue weighted by atomic mass is 10.0. The van der Waals surface area contributed by atoms with E-state index in [1.54, 1.807) is 85.1 Å². The molecule has 0 radical (unpaired) electrons. The van der Waals surface area contributed by atoms with Crippen LogP contribution in [0.2, 0.25) is 0 Å². The van der Waals surface area contributed by atoms with Crippen LogP contribution in [0.4, 0.5) is 0 Å². The number of nitrogens with zero attached hydrogens (tertiary/aromatic N) is 1. The maximum atomic E-state index is 15.0. The highest BCUT2D eigenvalue weighted by Gasteiger charge is 2.36. The van der Waals surface area contributed by atoms with Gasteiger partial charge in [0, 0.05) is 92.6 Å². The van der Waals surface area contributed by atoms with Crippen molar-refractivity contribution >= 4 is 107 Å². The number of guanidine groups is 2. The molecule has 30 nitrogen and oxygen atoms in total. The average molecular weight is 1360 g/mol. The van der Waals surface area contributed by atoms with Crippen molar-refractivity contribution in [3.05, 3.63) is 156 Å². The van der Waals surface area contributed by atoms with Gasteiger partial charge in [-0.25, -0.2) is 4.98 Å². The summed E-state index contributed by atoms with van der Waals surface area (Å²) in [6, 6.07) is 17.9. The van der Waals surface area contributed by atoms with Crippen molar-refractivity contribution in [3.63, 3.8) is 0 Å². The van der Waals surface area contributed by atoms with Crippen LogP contribution in [0.1, 0.15) is 60.6 Å². The lowest BCUT2D eigenvalue weighted by molar-refractivity contribution is -0.135. The first-order valence-corrected chi connectivity index (χ1v) is 32.0. The van der Waals surface area contributed by atoms with Crippen molar-refractivity contribution in [2.24, 2.45) is 17.2 Å². The van der Waals surface area contributed by atoms with E-state index in [9.17, 15) is 48.3 Å². The van der Waals surface area contributed by atoms with Crippen LogP contribution < -0.4 is 75.7 Å². The minimum Gasteiger partial charge on any atom is -0.508 e. The Morgan fingerprint density at radius 3 is 1.29 bits per heavy atom. The molecule has 96 heavy (non-hydrogen) atoms. The van der Waals surface area contributed by atoms with Crippen molar-refractivity contribution in [2.45, 2.75) is 119 Å². The van der Waals surface area contributed by atoms with E-state index in [2.05, 4.69) is 98.7 Å². The Morgan fingerprint density at radius 1 is 0.469 bits per heavy atom. The monoisotopic (exact) mass is 1360 g/mol. The van der Waals surface area contributed by atoms with Gasteiger partial charge in [-0.3, -0.25) is 58.8 Å². The maximum Gasteiger partial charge on any atom is 0.244 e. The highest BCUT2D eigenvalue weighted by molar-refractivity contribution is 7.80. The van der Waals surface area contributed by atoms with E-state index in [0.717, 1.165) is 10.9 Å². The van der Waals surface area contributed by atoms with Gasteiger partial charge in [-0.15, -0.1) is 0 Å². The molecule has 0 saturated heterocycles. The van der Waals surface area contributed by atoms with Crippen LogP contribution >= 0.6 is 25.3 Å². The molecule has 0 bridgehead atoms. The molecule has 0 aliphatic carbocycles. The number of aromatic nitrogens is 3. The molecule has 22 N–H and O–H groups in total. The van der Waals surface area contributed by atoms with Gasteiger partial charge in [0.1, 0.15) is 60.1 Å². The number of hydrogen-bond acceptors (Lipinski definition) is 16. The molecule has 0 spiro atoms. The van der Waals surface area contributed by atoms with Crippen molar-refractivity contribution in [1.29, 1.82) is 10.8 Å². The van der Waals surface area contributed by atoms with Crippen LogP contribution in [0.25, 0.3) is 10.9 Å². The first kappa shape index (κ1) is 74.4. The number of aromatic hydroxyl groups is 1. The standard InChI is InChI=1S/C64H83N19O11S2/c1-36(84)75-47(28-39-20-22-42(85)23-21-39)57(89)76-46(19-11-25-72-64(68)69)56(88)83-53(34-96)62(94)79-49(27-38-14-6-3-7-15-38)59(91)81-51(30-41-32-70-35-74-41)61(93)78-48(26-37-12-4-2-5-13-37)58(90)77-45(18-10-24-71-63(66)67)55(87)80-50(60(92)82-52(33-95)54(65)86)29-40-31-73-44-17-9-8-16-43(40)44/h2-9,12-17,20-23,31-32,35,45-53,73,85,95-96H,10-11,18-19,24-30,33-34H2,1H3,(H2,65,86)(H,70,74)(H,75,84)(H,76,89)(H,77,90)(H,78,93)(H,79,94)(H,80,87)(H,81,91)(H,82,92)(H,83,88)(H4,66,67,71)(H4,68,69,72)/t45-,46-,47-,48+,49-,50-,51-,52-,53-/m0/s1. The van der Waals surface area contributed by atoms with Gasteiger partial charge in [0.05, 0.1) is 6.33 Å². The van der Waals surface area contributed by atoms with Crippen molar-refractivity contribution in [1.82, 2.24) is 73.4 Å². The fourth-order valence-electron chi connectivity index (χ4n) is 10.2. The number of hydrogen-bond donors (Lipinski definition) is 21. The maximum absolute atomic E-state index is 15.0. The molecule has 32 heteroatoms. The van der Waals surface area contributed by atoms with Crippen LogP contribution in [0.5, 0.6) is 5.75 Å². The Kier molecular flexibility index (Phi) is 29.4. The quantitative estimate of drug-likeness (QED) is 0.00895. The number of nitrogens with one attached hydrogen (secondary N) is 15. The third-order valence-corrected chi connectivity index (χ3v) is 15.9. The van der Waals surface area contributed by atoms with Gasteiger partial charge in [-0.1, -0.05) is 91.0 Å². The number of nitrogens with two attached hydrogens (primary N) is 3. The molecule has 0 unspecified atom stereocenters. The predicted molar refractivity (Wildman–Crippen MR) is 365 cm³/mol. The molecule has 0 fully saturated rings. The first-order chi connectivity index (χ1) is 46.0. The molecule has 6 aromatic rings. The molecule has 4 aromatic carbocycles. The second-order valence-electron chi connectivity index (χ2n) is 22.6. The number of thiol groups is 2. The summed E-state index contributed by atoms with van der Waals surface area (Å²) < 4.78 is 0. The largest absolute Gasteiger partial charge is 0.508 e. The van der Waals surface area contributed by atoms with E-state index in [-0.39, 0.29) is 100 Å². The number of primary amides is 1. The summed E-state index contributed by atoms with van der Waals surface area (Å²) in [6.45, 7) is 1.41. The van der Waals surface area contributed by atoms with Crippen LogP contribution in [0, 0.1) is 10.8 Å². The second-order valence-corrected chi connectivity index (χ2v) is 23.3. The van der Waals surface area contributed by atoms with E-state index in [1.807, 2.05) is 18.2 Å². The van der Waals surface area contributed by atoms with Gasteiger partial charge in [-0.05, 0) is 66.1 Å². The molecule has 6 rings (SSSR count). The number of carbonyl (C=O) groups is 10. The summed E-state index contributed by atoms with van der Waals surface area (Å²) in [7, 11) is 0. The third kappa shape index (κ3) is 24.4. The Bertz CT molecular complexity index is 3620. The molecule has 0 saturated carbocycles. The number of fused-ring (bicyclic) bond motifs is 1. The van der Waals surface area contributed by atoms with E-state index < -0.39 is 113 Å². The molecule has 512 valence electrons. The van der Waals surface area contributed by atoms with E-state index in [1.165, 1.54) is 31.6 Å². The number of rotatable bonds is 38. The molecule has 0 aliphatic rings. The van der Waals surface area contributed by atoms with Crippen LogP contribution in [-0.2, 0) is 80.0 Å². The Labute approximate surface area is 564 Å². The van der Waals surface area contributed by atoms with Gasteiger partial charge in [0.25, 0.3) is 0 Å². The number of benzene rings is 4. The number of H-pyrrole nitrogens is 2. The Hall–Kier alpha value is -10.6. The zero-order valence-corrected chi connectivity index (χ0v) is 54.4. The van der Waals surface area contributed by atoms with Gasteiger partial charge in [0.15, 0.2) is 11.9 Å². The fraction of sp³-hybridized carbons (Fsp3) is 0.359. The Balaban J connectivity index is 1.26. The third-order valence-electron chi connectivity index (χ3n) is 15.1. The van der Waals surface area contributed by atoms with E-state index in [0.29, 0.717) is 27.9 Å². The SMILES string of the molecule is CC(=O)N[C@@H](Cc1ccc(O)cc1)C(=O)N[C@@H](CCCNC(=N)N)C(=O)N[C@@H](CS)C(=O)N[C@@H](Cc1ccccc1)C(=O)N[C@@H](Cc1cnc[nH]1)C(=O)N[C@H](Cc1ccccc1)C(=O)N[C@@H](CCCNC(=N)N)C(=O)N[C@@H](Cc1c[nH]c2ccccc12)C(=O)N[C@@H](CS)C(N)=O. The minimum absolute atomic E-state index is 0.0237. The van der Waals surface area contributed by atoms with Crippen LogP contribution in [0.15, 0.2) is 128 Å². The van der Waals surface area contributed by atoms with E-state index >= 15 is 4.79 Å². The Morgan fingerprint density at radius 2 is 0.854 bits per heavy atom. The molecule has 0 aliphatic heterocycles. The number of phenolic OH excluding ortho intramolecular Hbond substituents is 1. The summed E-state index contributed by atoms with van der Waals surface area (Å²) in [5.74, 6) is -9.43. The summed E-state index contributed by atoms with van der Waals surface area (Å²) in [6.07, 6.45) is 3.91. The number of aromatic amines is 2. The van der Waals surface area contributed by atoms with Gasteiger partial charge in [0.2, 0.25) is 59.1 Å². The molecule has 2 aromatic heterocycles. The first-order valence-electron chi connectivity index (χ1n) is 30.7. The number of phenols is 1. The smallest absolute Gasteiger partial charge is 0.244 e. The zero-order chi connectivity index (χ0) is 69.7. The molecule has 9 atom stereocenters. The summed E-state index contributed by atoms with van der Waals surface area (Å²) in [4.78, 5) is 151. The number of imidazole rings is 1. The lowest BCUT2D eigenvalue weighted by Crippen LogP contribution is -2.61. The second kappa shape index (κ2) is 37.9. The predicted octanol–water partition coefficient (Wildman–Crippen LogP) is -1.64. The van der Waals surface area contributed by atoms with Gasteiger partial charge >= 0.3 is 0 Å². The van der Waals surface area contributed by atoms with Crippen LogP contribution in [0.3, 0.4) is 0 Å². The molecular weight excluding hydrogens is 1270 g/mol. The van der Waals surface area contributed by atoms with Gasteiger partial charge in [-0.2, -0.15) is 25.3 Å². The van der Waals surface area contributed by atoms with E-state index in [4.69, 9.17) is 28.0 Å².